The molecule has 2 N–H and O–H groups in total. The molecule has 0 bridgehead atoms. The Morgan fingerprint density at radius 1 is 1.45 bits per heavy atom. The Labute approximate surface area is 134 Å². The fourth-order valence-electron chi connectivity index (χ4n) is 1.89. The van der Waals surface area contributed by atoms with Crippen molar-refractivity contribution >= 4 is 27.6 Å². The molecule has 0 spiro atoms. The second-order valence-corrected chi connectivity index (χ2v) is 7.44. The minimum atomic E-state index is -3.88. The molecule has 6 nitrogen and oxygen atoms in total. The Morgan fingerprint density at radius 2 is 2.09 bits per heavy atom. The normalized spacial score (nSPS) is 12.9. The number of nitriles is 1. The van der Waals surface area contributed by atoms with Crippen LogP contribution in [0.4, 0.5) is 0 Å². The minimum absolute atomic E-state index is 0.0299. The smallest absolute Gasteiger partial charge is 0.307 e. The van der Waals surface area contributed by atoms with E-state index in [9.17, 15) is 13.2 Å². The van der Waals surface area contributed by atoms with Gasteiger partial charge in [-0.05, 0) is 30.5 Å². The highest BCUT2D eigenvalue weighted by molar-refractivity contribution is 7.89. The molecular formula is C14H17ClN2O4S. The highest BCUT2D eigenvalue weighted by atomic mass is 35.5. The molecule has 0 aliphatic heterocycles. The van der Waals surface area contributed by atoms with Crippen LogP contribution in [0, 0.1) is 23.2 Å². The van der Waals surface area contributed by atoms with Gasteiger partial charge in [0.2, 0.25) is 10.0 Å². The Hall–Kier alpha value is -1.62. The Bertz CT molecular complexity index is 695. The SMILES string of the molecule is CC(C)CC(CNS(=O)(=O)c1ccc(C#N)c(Cl)c1)C(=O)O. The molecule has 22 heavy (non-hydrogen) atoms. The second kappa shape index (κ2) is 7.58. The van der Waals surface area contributed by atoms with E-state index in [4.69, 9.17) is 22.0 Å². The molecular weight excluding hydrogens is 328 g/mol. The van der Waals surface area contributed by atoms with Crippen molar-refractivity contribution in [1.29, 1.82) is 5.26 Å². The van der Waals surface area contributed by atoms with Crippen molar-refractivity contribution in [2.45, 2.75) is 25.2 Å². The molecule has 0 aliphatic rings. The topological polar surface area (TPSA) is 107 Å². The molecule has 1 rings (SSSR count). The minimum Gasteiger partial charge on any atom is -0.481 e. The Morgan fingerprint density at radius 3 is 2.55 bits per heavy atom. The van der Waals surface area contributed by atoms with Crippen molar-refractivity contribution < 1.29 is 18.3 Å². The molecule has 0 aromatic heterocycles. The van der Waals surface area contributed by atoms with E-state index in [1.165, 1.54) is 18.2 Å². The molecule has 0 fully saturated rings. The number of benzene rings is 1. The van der Waals surface area contributed by atoms with E-state index in [0.29, 0.717) is 6.42 Å². The zero-order valence-corrected chi connectivity index (χ0v) is 13.8. The van der Waals surface area contributed by atoms with Crippen LogP contribution >= 0.6 is 11.6 Å². The number of carboxylic acid groups (broad SMARTS) is 1. The highest BCUT2D eigenvalue weighted by Gasteiger charge is 2.23. The number of halogens is 1. The molecule has 0 aliphatic carbocycles. The zero-order chi connectivity index (χ0) is 16.9. The Balaban J connectivity index is 2.89. The maximum absolute atomic E-state index is 12.2. The molecule has 0 saturated heterocycles. The van der Waals surface area contributed by atoms with Gasteiger partial charge < -0.3 is 5.11 Å². The maximum Gasteiger partial charge on any atom is 0.307 e. The summed E-state index contributed by atoms with van der Waals surface area (Å²) in [4.78, 5) is 11.0. The van der Waals surface area contributed by atoms with Gasteiger partial charge in [-0.15, -0.1) is 0 Å². The summed E-state index contributed by atoms with van der Waals surface area (Å²) in [5.74, 6) is -1.71. The number of carbonyl (C=O) groups is 1. The summed E-state index contributed by atoms with van der Waals surface area (Å²) < 4.78 is 26.6. The van der Waals surface area contributed by atoms with Crippen LogP contribution in [0.15, 0.2) is 23.1 Å². The zero-order valence-electron chi connectivity index (χ0n) is 12.2. The largest absolute Gasteiger partial charge is 0.481 e. The highest BCUT2D eigenvalue weighted by Crippen LogP contribution is 2.20. The van der Waals surface area contributed by atoms with E-state index < -0.39 is 21.9 Å². The molecule has 0 amide bonds. The fraction of sp³-hybridized carbons (Fsp3) is 0.429. The summed E-state index contributed by atoms with van der Waals surface area (Å²) in [6, 6.07) is 5.56. The van der Waals surface area contributed by atoms with E-state index >= 15 is 0 Å². The summed E-state index contributed by atoms with van der Waals surface area (Å²) in [6.07, 6.45) is 0.367. The van der Waals surface area contributed by atoms with Gasteiger partial charge in [-0.2, -0.15) is 5.26 Å². The summed E-state index contributed by atoms with van der Waals surface area (Å²) in [5.41, 5.74) is 0.170. The number of nitrogens with one attached hydrogen (secondary N) is 1. The molecule has 1 atom stereocenters. The quantitative estimate of drug-likeness (QED) is 0.788. The van der Waals surface area contributed by atoms with Crippen LogP contribution in [0.1, 0.15) is 25.8 Å². The number of sulfonamides is 1. The van der Waals surface area contributed by atoms with Gasteiger partial charge in [-0.3, -0.25) is 4.79 Å². The number of nitrogens with zero attached hydrogens (tertiary/aromatic N) is 1. The summed E-state index contributed by atoms with van der Waals surface area (Å²) in [7, 11) is -3.88. The van der Waals surface area contributed by atoms with E-state index in [1.807, 2.05) is 19.9 Å². The first-order valence-corrected chi connectivity index (χ1v) is 8.45. The molecule has 1 aromatic rings. The molecule has 8 heteroatoms. The second-order valence-electron chi connectivity index (χ2n) is 5.27. The molecule has 0 heterocycles. The van der Waals surface area contributed by atoms with Gasteiger partial charge in [0.15, 0.2) is 0 Å². The van der Waals surface area contributed by atoms with E-state index in [1.54, 1.807) is 0 Å². The van der Waals surface area contributed by atoms with Crippen LogP contribution in [0.25, 0.3) is 0 Å². The van der Waals surface area contributed by atoms with Gasteiger partial charge in [0.25, 0.3) is 0 Å². The van der Waals surface area contributed by atoms with E-state index in [2.05, 4.69) is 4.72 Å². The first-order valence-electron chi connectivity index (χ1n) is 6.59. The van der Waals surface area contributed by atoms with Crippen LogP contribution in [-0.4, -0.2) is 26.0 Å². The average molecular weight is 345 g/mol. The number of carboxylic acids is 1. The third-order valence-electron chi connectivity index (χ3n) is 3.00. The van der Waals surface area contributed by atoms with Crippen LogP contribution < -0.4 is 4.72 Å². The number of hydrogen-bond donors (Lipinski definition) is 2. The molecule has 120 valence electrons. The van der Waals surface area contributed by atoms with Crippen molar-refractivity contribution in [3.8, 4) is 6.07 Å². The van der Waals surface area contributed by atoms with Crippen LogP contribution in [0.5, 0.6) is 0 Å². The van der Waals surface area contributed by atoms with Crippen molar-refractivity contribution in [2.24, 2.45) is 11.8 Å². The number of rotatable bonds is 7. The molecule has 1 aromatic carbocycles. The van der Waals surface area contributed by atoms with E-state index in [0.717, 1.165) is 0 Å². The first-order chi connectivity index (χ1) is 10.2. The molecule has 1 unspecified atom stereocenters. The Kier molecular flexibility index (Phi) is 6.35. The van der Waals surface area contributed by atoms with Gasteiger partial charge in [-0.1, -0.05) is 25.4 Å². The van der Waals surface area contributed by atoms with Crippen molar-refractivity contribution in [2.75, 3.05) is 6.54 Å². The molecule has 0 saturated carbocycles. The predicted molar refractivity (Wildman–Crippen MR) is 81.9 cm³/mol. The number of hydrogen-bond acceptors (Lipinski definition) is 4. The van der Waals surface area contributed by atoms with Crippen molar-refractivity contribution in [3.63, 3.8) is 0 Å². The lowest BCUT2D eigenvalue weighted by Gasteiger charge is -2.15. The molecule has 0 radical (unpaired) electrons. The maximum atomic E-state index is 12.2. The number of aliphatic carboxylic acids is 1. The fourth-order valence-corrected chi connectivity index (χ4v) is 3.28. The lowest BCUT2D eigenvalue weighted by atomic mass is 9.98. The van der Waals surface area contributed by atoms with Gasteiger partial charge >= 0.3 is 5.97 Å². The lowest BCUT2D eigenvalue weighted by molar-refractivity contribution is -0.142. The van der Waals surface area contributed by atoms with Crippen LogP contribution in [0.3, 0.4) is 0 Å². The van der Waals surface area contributed by atoms with Gasteiger partial charge in [-0.25, -0.2) is 13.1 Å². The van der Waals surface area contributed by atoms with Gasteiger partial charge in [0.1, 0.15) is 6.07 Å². The summed E-state index contributed by atoms with van der Waals surface area (Å²) >= 11 is 5.81. The van der Waals surface area contributed by atoms with E-state index in [-0.39, 0.29) is 27.9 Å². The third kappa shape index (κ3) is 4.98. The van der Waals surface area contributed by atoms with Gasteiger partial charge in [0, 0.05) is 6.54 Å². The summed E-state index contributed by atoms with van der Waals surface area (Å²) in [5, 5.41) is 17.9. The van der Waals surface area contributed by atoms with Crippen molar-refractivity contribution in [3.05, 3.63) is 28.8 Å². The summed E-state index contributed by atoms with van der Waals surface area (Å²) in [6.45, 7) is 3.53. The third-order valence-corrected chi connectivity index (χ3v) is 4.73. The average Bonchev–Trinajstić information content (AvgIpc) is 2.42. The first kappa shape index (κ1) is 18.4. The standard InChI is InChI=1S/C14H17ClN2O4S/c1-9(2)5-11(14(18)19)8-17-22(20,21)12-4-3-10(7-16)13(15)6-12/h3-4,6,9,11,17H,5,8H2,1-2H3,(H,18,19). The predicted octanol–water partition coefficient (Wildman–Crippen LogP) is 2.24. The van der Waals surface area contributed by atoms with Crippen LogP contribution in [-0.2, 0) is 14.8 Å². The van der Waals surface area contributed by atoms with Gasteiger partial charge in [0.05, 0.1) is 21.4 Å². The van der Waals surface area contributed by atoms with Crippen LogP contribution in [0.2, 0.25) is 5.02 Å². The van der Waals surface area contributed by atoms with Crippen molar-refractivity contribution in [1.82, 2.24) is 4.72 Å². The lowest BCUT2D eigenvalue weighted by Crippen LogP contribution is -2.33. The monoisotopic (exact) mass is 344 g/mol.